The Morgan fingerprint density at radius 2 is 1.83 bits per heavy atom. The van der Waals surface area contributed by atoms with Crippen molar-refractivity contribution < 1.29 is 19.4 Å². The van der Waals surface area contributed by atoms with Crippen LogP contribution in [0.2, 0.25) is 0 Å². The van der Waals surface area contributed by atoms with Gasteiger partial charge in [0.25, 0.3) is 11.5 Å². The zero-order valence-corrected chi connectivity index (χ0v) is 21.8. The van der Waals surface area contributed by atoms with Gasteiger partial charge in [0.2, 0.25) is 0 Å². The smallest absolute Gasteiger partial charge is 0.347 e. The van der Waals surface area contributed by atoms with E-state index < -0.39 is 11.6 Å². The second-order valence-corrected chi connectivity index (χ2v) is 9.44. The van der Waals surface area contributed by atoms with E-state index in [0.717, 1.165) is 25.7 Å². The summed E-state index contributed by atoms with van der Waals surface area (Å²) in [4.78, 5) is 43.8. The fraction of sp³-hybridized carbons (Fsp3) is 0.556. The fourth-order valence-corrected chi connectivity index (χ4v) is 3.93. The molecule has 1 amide bonds. The van der Waals surface area contributed by atoms with Crippen molar-refractivity contribution in [1.82, 2.24) is 14.5 Å². The third-order valence-corrected chi connectivity index (χ3v) is 6.10. The van der Waals surface area contributed by atoms with Crippen LogP contribution >= 0.6 is 0 Å². The Kier molecular flexibility index (Phi) is 10.0. The van der Waals surface area contributed by atoms with E-state index in [-0.39, 0.29) is 17.5 Å². The maximum atomic E-state index is 13.5. The Bertz CT molecular complexity index is 1060. The molecule has 2 rings (SSSR count). The highest BCUT2D eigenvalue weighted by Crippen LogP contribution is 2.21. The van der Waals surface area contributed by atoms with Crippen LogP contribution in [0.15, 0.2) is 35.1 Å². The average Bonchev–Trinajstić information content (AvgIpc) is 2.80. The molecule has 1 N–H and O–H groups in total. The molecule has 35 heavy (non-hydrogen) atoms. The number of hydrogen-bond donors (Lipinski definition) is 1. The molecule has 0 spiro atoms. The third-order valence-electron chi connectivity index (χ3n) is 6.10. The van der Waals surface area contributed by atoms with Gasteiger partial charge in [0.15, 0.2) is 5.60 Å². The zero-order valence-electron chi connectivity index (χ0n) is 21.8. The van der Waals surface area contributed by atoms with Gasteiger partial charge in [0.1, 0.15) is 11.6 Å². The lowest BCUT2D eigenvalue weighted by molar-refractivity contribution is -0.152. The second-order valence-electron chi connectivity index (χ2n) is 9.44. The lowest BCUT2D eigenvalue weighted by atomic mass is 10.1. The highest BCUT2D eigenvalue weighted by atomic mass is 16.5. The molecule has 2 aromatic rings. The van der Waals surface area contributed by atoms with Crippen LogP contribution in [-0.2, 0) is 17.8 Å². The molecule has 0 aliphatic carbocycles. The first kappa shape index (κ1) is 28.1. The van der Waals surface area contributed by atoms with Crippen molar-refractivity contribution in [3.05, 3.63) is 57.8 Å². The lowest BCUT2D eigenvalue weighted by Crippen LogP contribution is -2.42. The summed E-state index contributed by atoms with van der Waals surface area (Å²) in [6.45, 7) is 11.6. The molecular weight excluding hydrogens is 446 g/mol. The fourth-order valence-electron chi connectivity index (χ4n) is 3.93. The molecule has 1 aromatic heterocycles. The molecule has 1 unspecified atom stereocenters. The molecular formula is C27H39N3O5. The zero-order chi connectivity index (χ0) is 26.2. The van der Waals surface area contributed by atoms with Gasteiger partial charge in [0, 0.05) is 42.9 Å². The number of benzene rings is 1. The standard InChI is InChI=1S/C27H39N3O5/c1-7-9-10-11-20(4)29(16-17-30-23(8-2)28-19(3)18-24(30)31)25(32)21-12-14-22(15-13-21)35-27(5,6)26(33)34/h12-15,18,20H,7-11,16-17H2,1-6H3,(H,33,34). The molecule has 8 nitrogen and oxygen atoms in total. The number of carboxylic acids is 1. The summed E-state index contributed by atoms with van der Waals surface area (Å²) in [5, 5.41) is 9.28. The maximum Gasteiger partial charge on any atom is 0.347 e. The number of carboxylic acid groups (broad SMARTS) is 1. The number of hydrogen-bond acceptors (Lipinski definition) is 5. The van der Waals surface area contributed by atoms with E-state index >= 15 is 0 Å². The molecule has 0 saturated heterocycles. The minimum Gasteiger partial charge on any atom is -0.478 e. The van der Waals surface area contributed by atoms with Crippen LogP contribution in [0.5, 0.6) is 5.75 Å². The number of aromatic nitrogens is 2. The Balaban J connectivity index is 2.26. The number of ether oxygens (including phenoxy) is 1. The van der Waals surface area contributed by atoms with Crippen LogP contribution in [0.1, 0.15) is 82.2 Å². The van der Waals surface area contributed by atoms with Gasteiger partial charge >= 0.3 is 5.97 Å². The summed E-state index contributed by atoms with van der Waals surface area (Å²) in [6.07, 6.45) is 4.71. The normalized spacial score (nSPS) is 12.3. The summed E-state index contributed by atoms with van der Waals surface area (Å²) < 4.78 is 7.21. The number of rotatable bonds is 13. The van der Waals surface area contributed by atoms with E-state index in [4.69, 9.17) is 4.74 Å². The number of amides is 1. The number of unbranched alkanes of at least 4 members (excludes halogenated alkanes) is 2. The Labute approximate surface area is 207 Å². The monoisotopic (exact) mass is 485 g/mol. The minimum absolute atomic E-state index is 0.00453. The number of aliphatic carboxylic acids is 1. The van der Waals surface area contributed by atoms with E-state index in [2.05, 4.69) is 11.9 Å². The number of aryl methyl sites for hydroxylation is 2. The number of carbonyl (C=O) groups is 2. The Hall–Kier alpha value is -3.16. The lowest BCUT2D eigenvalue weighted by Gasteiger charge is -2.30. The van der Waals surface area contributed by atoms with E-state index in [0.29, 0.717) is 42.3 Å². The first-order valence-electron chi connectivity index (χ1n) is 12.4. The summed E-state index contributed by atoms with van der Waals surface area (Å²) >= 11 is 0. The van der Waals surface area contributed by atoms with Gasteiger partial charge in [-0.15, -0.1) is 0 Å². The largest absolute Gasteiger partial charge is 0.478 e. The van der Waals surface area contributed by atoms with Crippen molar-refractivity contribution in [2.24, 2.45) is 0 Å². The van der Waals surface area contributed by atoms with E-state index in [1.165, 1.54) is 19.9 Å². The van der Waals surface area contributed by atoms with Crippen molar-refractivity contribution in [2.45, 2.75) is 91.8 Å². The van der Waals surface area contributed by atoms with Gasteiger partial charge in [-0.1, -0.05) is 33.1 Å². The van der Waals surface area contributed by atoms with Crippen LogP contribution in [0.4, 0.5) is 0 Å². The van der Waals surface area contributed by atoms with Gasteiger partial charge in [-0.25, -0.2) is 9.78 Å². The average molecular weight is 486 g/mol. The maximum absolute atomic E-state index is 13.5. The van der Waals surface area contributed by atoms with Crippen molar-refractivity contribution in [3.8, 4) is 5.75 Å². The number of nitrogens with zero attached hydrogens (tertiary/aromatic N) is 3. The van der Waals surface area contributed by atoms with E-state index in [1.807, 2.05) is 25.7 Å². The van der Waals surface area contributed by atoms with Crippen molar-refractivity contribution in [1.29, 1.82) is 0 Å². The molecule has 0 bridgehead atoms. The van der Waals surface area contributed by atoms with Gasteiger partial charge in [-0.2, -0.15) is 0 Å². The van der Waals surface area contributed by atoms with Gasteiger partial charge in [-0.3, -0.25) is 14.2 Å². The summed E-state index contributed by atoms with van der Waals surface area (Å²) in [6, 6.07) is 8.04. The van der Waals surface area contributed by atoms with Crippen LogP contribution in [-0.4, -0.2) is 49.6 Å². The highest BCUT2D eigenvalue weighted by molar-refractivity contribution is 5.94. The number of carbonyl (C=O) groups excluding carboxylic acids is 1. The van der Waals surface area contributed by atoms with Crippen molar-refractivity contribution in [3.63, 3.8) is 0 Å². The third kappa shape index (κ3) is 7.67. The minimum atomic E-state index is -1.38. The molecule has 0 fully saturated rings. The van der Waals surface area contributed by atoms with E-state index in [1.54, 1.807) is 28.8 Å². The Morgan fingerprint density at radius 1 is 1.17 bits per heavy atom. The highest BCUT2D eigenvalue weighted by Gasteiger charge is 2.29. The SMILES string of the molecule is CCCCCC(C)N(CCn1c(CC)nc(C)cc1=O)C(=O)c1ccc(OC(C)(C)C(=O)O)cc1. The van der Waals surface area contributed by atoms with Gasteiger partial charge < -0.3 is 14.7 Å². The molecule has 0 saturated carbocycles. The van der Waals surface area contributed by atoms with Crippen LogP contribution in [0.3, 0.4) is 0 Å². The topological polar surface area (TPSA) is 102 Å². The van der Waals surface area contributed by atoms with Crippen molar-refractivity contribution in [2.75, 3.05) is 6.54 Å². The molecule has 0 aliphatic heterocycles. The van der Waals surface area contributed by atoms with Crippen LogP contribution in [0.25, 0.3) is 0 Å². The first-order chi connectivity index (χ1) is 16.5. The van der Waals surface area contributed by atoms with Crippen LogP contribution < -0.4 is 10.3 Å². The molecule has 1 aromatic carbocycles. The molecule has 192 valence electrons. The quantitative estimate of drug-likeness (QED) is 0.420. The summed E-state index contributed by atoms with van der Waals surface area (Å²) in [5.41, 5.74) is -0.310. The predicted molar refractivity (Wildman–Crippen MR) is 136 cm³/mol. The molecule has 0 radical (unpaired) electrons. The summed E-state index contributed by atoms with van der Waals surface area (Å²) in [7, 11) is 0. The first-order valence-corrected chi connectivity index (χ1v) is 12.4. The predicted octanol–water partition coefficient (Wildman–Crippen LogP) is 4.47. The van der Waals surface area contributed by atoms with Crippen LogP contribution in [0, 0.1) is 6.92 Å². The summed E-state index contributed by atoms with van der Waals surface area (Å²) in [5.74, 6) is -0.119. The second kappa shape index (κ2) is 12.5. The Morgan fingerprint density at radius 3 is 2.40 bits per heavy atom. The molecule has 8 heteroatoms. The van der Waals surface area contributed by atoms with Gasteiger partial charge in [-0.05, 0) is 58.4 Å². The van der Waals surface area contributed by atoms with E-state index in [9.17, 15) is 19.5 Å². The molecule has 1 heterocycles. The molecule has 1 atom stereocenters. The molecule has 0 aliphatic rings. The van der Waals surface area contributed by atoms with Gasteiger partial charge in [0.05, 0.1) is 0 Å². The van der Waals surface area contributed by atoms with Crippen molar-refractivity contribution >= 4 is 11.9 Å².